The number of aliphatic hydroxyl groups excluding tert-OH is 4. The highest BCUT2D eigenvalue weighted by atomic mass is 16.5. The van der Waals surface area contributed by atoms with Gasteiger partial charge in [-0.05, 0) is 50.1 Å². The van der Waals surface area contributed by atoms with Gasteiger partial charge >= 0.3 is 0 Å². The third-order valence-corrected chi connectivity index (χ3v) is 9.42. The standard InChI is InChI=1S/C36H62N8O10/c1-6-20(4)29(36(53)54)44-30(47)21(5)39-32(49)24(15-19(2)3)40-35(52)27(18-45)43-34(51)26(17-28(37)46)42-33(50)25(16-22-11-8-7-9-12-22)41-31(48)23-13-10-14-38-23/h7-9,11-12,19-21,23-27,29,34-36,38,40,43,45,51-54H,6,10,13-18H2,1-5H3,(H2,37,46)(H,39,49)(H,41,48)(H,42,50)(H,44,47). The lowest BCUT2D eigenvalue weighted by atomic mass is 9.98. The molecule has 306 valence electrons. The topological polar surface area (TPSA) is 297 Å². The van der Waals surface area contributed by atoms with Crippen LogP contribution in [0.3, 0.4) is 0 Å². The minimum atomic E-state index is -1.82. The van der Waals surface area contributed by atoms with Crippen LogP contribution < -0.4 is 43.0 Å². The number of rotatable bonds is 24. The first-order valence-corrected chi connectivity index (χ1v) is 18.6. The third kappa shape index (κ3) is 15.5. The van der Waals surface area contributed by atoms with E-state index < -0.39 is 97.7 Å². The molecule has 10 unspecified atom stereocenters. The third-order valence-electron chi connectivity index (χ3n) is 9.42. The Morgan fingerprint density at radius 1 is 0.833 bits per heavy atom. The zero-order valence-corrected chi connectivity index (χ0v) is 31.8. The van der Waals surface area contributed by atoms with Gasteiger partial charge in [0.25, 0.3) is 0 Å². The van der Waals surface area contributed by atoms with E-state index in [2.05, 4.69) is 37.2 Å². The molecule has 0 aliphatic carbocycles. The van der Waals surface area contributed by atoms with E-state index >= 15 is 0 Å². The van der Waals surface area contributed by atoms with Crippen molar-refractivity contribution in [3.8, 4) is 0 Å². The summed E-state index contributed by atoms with van der Waals surface area (Å²) >= 11 is 0. The van der Waals surface area contributed by atoms with Crippen LogP contribution in [0.2, 0.25) is 0 Å². The average molecular weight is 767 g/mol. The molecule has 0 saturated carbocycles. The van der Waals surface area contributed by atoms with Gasteiger partial charge in [0, 0.05) is 6.42 Å². The van der Waals surface area contributed by atoms with Gasteiger partial charge in [0.2, 0.25) is 29.5 Å². The normalized spacial score (nSPS) is 19.4. The quantitative estimate of drug-likeness (QED) is 0.0461. The molecule has 1 aliphatic rings. The number of amides is 5. The highest BCUT2D eigenvalue weighted by Gasteiger charge is 2.35. The van der Waals surface area contributed by atoms with Gasteiger partial charge in [-0.25, -0.2) is 0 Å². The summed E-state index contributed by atoms with van der Waals surface area (Å²) in [5, 5.41) is 70.8. The number of hydrogen-bond acceptors (Lipinski definition) is 13. The molecule has 5 amide bonds. The molecule has 0 radical (unpaired) electrons. The van der Waals surface area contributed by atoms with Gasteiger partial charge in [-0.2, -0.15) is 0 Å². The Balaban J connectivity index is 2.17. The molecule has 0 spiro atoms. The Bertz CT molecular complexity index is 1330. The molecule has 18 nitrogen and oxygen atoms in total. The van der Waals surface area contributed by atoms with E-state index in [9.17, 15) is 49.5 Å². The summed E-state index contributed by atoms with van der Waals surface area (Å²) in [4.78, 5) is 64.9. The van der Waals surface area contributed by atoms with Crippen molar-refractivity contribution in [3.63, 3.8) is 0 Å². The highest BCUT2D eigenvalue weighted by Crippen LogP contribution is 2.13. The molecule has 1 aromatic carbocycles. The first kappa shape index (κ1) is 46.4. The van der Waals surface area contributed by atoms with Crippen LogP contribution in [0.15, 0.2) is 30.3 Å². The van der Waals surface area contributed by atoms with Crippen LogP contribution in [0, 0.1) is 11.8 Å². The summed E-state index contributed by atoms with van der Waals surface area (Å²) in [6.07, 6.45) is -3.60. The zero-order chi connectivity index (χ0) is 40.5. The summed E-state index contributed by atoms with van der Waals surface area (Å²) in [5.41, 5.74) is 6.19. The summed E-state index contributed by atoms with van der Waals surface area (Å²) in [7, 11) is 0. The van der Waals surface area contributed by atoms with E-state index in [-0.39, 0.29) is 30.6 Å². The Hall–Kier alpha value is -3.75. The molecule has 0 aromatic heterocycles. The Kier molecular flexibility index (Phi) is 20.0. The summed E-state index contributed by atoms with van der Waals surface area (Å²) in [5.74, 6) is -3.66. The molecule has 1 aliphatic heterocycles. The zero-order valence-electron chi connectivity index (χ0n) is 31.8. The van der Waals surface area contributed by atoms with Crippen LogP contribution in [-0.2, 0) is 30.4 Å². The highest BCUT2D eigenvalue weighted by molar-refractivity contribution is 5.91. The molecule has 18 heteroatoms. The van der Waals surface area contributed by atoms with E-state index in [0.29, 0.717) is 19.4 Å². The van der Waals surface area contributed by atoms with E-state index in [0.717, 1.165) is 12.0 Å². The number of nitrogens with two attached hydrogens (primary N) is 1. The van der Waals surface area contributed by atoms with Gasteiger partial charge in [-0.3, -0.25) is 34.6 Å². The van der Waals surface area contributed by atoms with Gasteiger partial charge < -0.3 is 57.9 Å². The van der Waals surface area contributed by atoms with Crippen LogP contribution in [0.25, 0.3) is 0 Å². The van der Waals surface area contributed by atoms with Crippen molar-refractivity contribution in [1.29, 1.82) is 0 Å². The lowest BCUT2D eigenvalue weighted by Gasteiger charge is -2.33. The van der Waals surface area contributed by atoms with Crippen molar-refractivity contribution < 1.29 is 49.5 Å². The van der Waals surface area contributed by atoms with E-state index in [4.69, 9.17) is 5.73 Å². The van der Waals surface area contributed by atoms with E-state index in [1.54, 1.807) is 37.3 Å². The Labute approximate surface area is 316 Å². The number of nitrogens with one attached hydrogen (secondary N) is 7. The molecule has 2 rings (SSSR count). The van der Waals surface area contributed by atoms with E-state index in [1.165, 1.54) is 6.92 Å². The first-order valence-electron chi connectivity index (χ1n) is 18.6. The largest absolute Gasteiger partial charge is 0.395 e. The first-order chi connectivity index (χ1) is 25.5. The molecule has 0 bridgehead atoms. The molecule has 54 heavy (non-hydrogen) atoms. The van der Waals surface area contributed by atoms with Gasteiger partial charge in [0.1, 0.15) is 24.5 Å². The number of aliphatic hydroxyl groups is 5. The predicted octanol–water partition coefficient (Wildman–Crippen LogP) is -3.24. The Morgan fingerprint density at radius 3 is 2.00 bits per heavy atom. The number of primary amides is 1. The number of hydrogen-bond donors (Lipinski definition) is 13. The SMILES string of the molecule is CCC(C)C(NC(=O)C(C)NC(=O)C(CC(C)C)NC(O)C(CO)NC(O)C(CC(N)=O)NC(=O)C(Cc1ccccc1)NC(=O)C1CCCN1)C(O)O. The maximum absolute atomic E-state index is 13.6. The molecule has 1 heterocycles. The summed E-state index contributed by atoms with van der Waals surface area (Å²) < 4.78 is 0. The molecule has 1 fully saturated rings. The molecule has 1 saturated heterocycles. The smallest absolute Gasteiger partial charge is 0.243 e. The predicted molar refractivity (Wildman–Crippen MR) is 198 cm³/mol. The van der Waals surface area contributed by atoms with Crippen molar-refractivity contribution in [2.45, 2.75) is 134 Å². The lowest BCUT2D eigenvalue weighted by Crippen LogP contribution is -2.63. The fourth-order valence-electron chi connectivity index (χ4n) is 6.04. The number of carbonyl (C=O) groups excluding carboxylic acids is 5. The number of benzene rings is 1. The van der Waals surface area contributed by atoms with Crippen LogP contribution in [0.4, 0.5) is 0 Å². The van der Waals surface area contributed by atoms with Crippen molar-refractivity contribution >= 4 is 29.5 Å². The molecular formula is C36H62N8O10. The monoisotopic (exact) mass is 766 g/mol. The van der Waals surface area contributed by atoms with Crippen molar-refractivity contribution in [1.82, 2.24) is 37.2 Å². The van der Waals surface area contributed by atoms with E-state index in [1.807, 2.05) is 20.8 Å². The molecule has 1 aromatic rings. The maximum Gasteiger partial charge on any atom is 0.243 e. The van der Waals surface area contributed by atoms with Crippen molar-refractivity contribution in [2.24, 2.45) is 17.6 Å². The second-order valence-corrected chi connectivity index (χ2v) is 14.4. The summed E-state index contributed by atoms with van der Waals surface area (Å²) in [6, 6.07) is 1.45. The fraction of sp³-hybridized carbons (Fsp3) is 0.694. The second kappa shape index (κ2) is 23.2. The minimum Gasteiger partial charge on any atom is -0.395 e. The van der Waals surface area contributed by atoms with Crippen molar-refractivity contribution in [3.05, 3.63) is 35.9 Å². The molecular weight excluding hydrogens is 704 g/mol. The van der Waals surface area contributed by atoms with Gasteiger partial charge in [0.15, 0.2) is 6.29 Å². The van der Waals surface area contributed by atoms with Gasteiger partial charge in [-0.15, -0.1) is 0 Å². The molecule has 10 atom stereocenters. The van der Waals surface area contributed by atoms with Crippen molar-refractivity contribution in [2.75, 3.05) is 13.2 Å². The fourth-order valence-corrected chi connectivity index (χ4v) is 6.04. The Morgan fingerprint density at radius 2 is 1.46 bits per heavy atom. The summed E-state index contributed by atoms with van der Waals surface area (Å²) in [6.45, 7) is 8.51. The van der Waals surface area contributed by atoms with Gasteiger partial charge in [0.05, 0.1) is 43.2 Å². The maximum atomic E-state index is 13.6. The van der Waals surface area contributed by atoms with Crippen LogP contribution in [0.1, 0.15) is 72.3 Å². The molecule has 14 N–H and O–H groups in total. The van der Waals surface area contributed by atoms with Crippen LogP contribution in [0.5, 0.6) is 0 Å². The van der Waals surface area contributed by atoms with Gasteiger partial charge in [-0.1, -0.05) is 64.4 Å². The average Bonchev–Trinajstić information content (AvgIpc) is 3.67. The number of carbonyl (C=O) groups is 5. The van der Waals surface area contributed by atoms with Crippen LogP contribution in [-0.4, -0.2) is 129 Å². The van der Waals surface area contributed by atoms with Crippen LogP contribution >= 0.6 is 0 Å². The second-order valence-electron chi connectivity index (χ2n) is 14.4. The minimum absolute atomic E-state index is 0.0843. The lowest BCUT2D eigenvalue weighted by molar-refractivity contribution is -0.134.